The van der Waals surface area contributed by atoms with Crippen LogP contribution in [0, 0.1) is 12.7 Å². The number of hydrogen-bond acceptors (Lipinski definition) is 2. The van der Waals surface area contributed by atoms with Gasteiger partial charge in [0.05, 0.1) is 6.20 Å². The van der Waals surface area contributed by atoms with Crippen molar-refractivity contribution in [2.45, 2.75) is 32.7 Å². The first-order valence-corrected chi connectivity index (χ1v) is 7.13. The highest BCUT2D eigenvalue weighted by Crippen LogP contribution is 2.23. The maximum atomic E-state index is 13.0. The van der Waals surface area contributed by atoms with Gasteiger partial charge in [-0.25, -0.2) is 4.39 Å². The van der Waals surface area contributed by atoms with Crippen LogP contribution >= 0.6 is 11.6 Å². The van der Waals surface area contributed by atoms with E-state index in [1.54, 1.807) is 6.07 Å². The number of nitrogens with zero attached hydrogens (tertiary/aromatic N) is 1. The minimum atomic E-state index is -0.304. The van der Waals surface area contributed by atoms with Gasteiger partial charge in [-0.15, -0.1) is 0 Å². The molecule has 0 fully saturated rings. The number of aryl methyl sites for hydroxylation is 2. The molecule has 0 radical (unpaired) electrons. The van der Waals surface area contributed by atoms with E-state index in [0.717, 1.165) is 30.6 Å². The molecule has 1 atom stereocenters. The molecule has 2 N–H and O–H groups in total. The maximum Gasteiger partial charge on any atom is 0.124 e. The molecule has 1 unspecified atom stereocenters. The van der Waals surface area contributed by atoms with Crippen LogP contribution in [0.1, 0.15) is 36.2 Å². The van der Waals surface area contributed by atoms with Crippen molar-refractivity contribution in [3.05, 3.63) is 52.1 Å². The molecule has 0 saturated carbocycles. The fourth-order valence-electron chi connectivity index (χ4n) is 2.19. The summed E-state index contributed by atoms with van der Waals surface area (Å²) in [5.41, 5.74) is 3.30. The second kappa shape index (κ2) is 6.86. The third-order valence-electron chi connectivity index (χ3n) is 3.44. The quantitative estimate of drug-likeness (QED) is 0.796. The van der Waals surface area contributed by atoms with Gasteiger partial charge in [0.15, 0.2) is 0 Å². The fourth-order valence-corrected chi connectivity index (χ4v) is 2.52. The standard InChI is InChI=1S/C15H19ClFN3/c1-10-12(9-19-20-10)4-3-7-18-11(2)14-6-5-13(17)8-15(14)16/h5-6,8-9,11,18H,3-4,7H2,1-2H3,(H,19,20). The van der Waals surface area contributed by atoms with Gasteiger partial charge in [0, 0.05) is 16.8 Å². The first kappa shape index (κ1) is 15.0. The Hall–Kier alpha value is -1.39. The number of benzene rings is 1. The van der Waals surface area contributed by atoms with Crippen LogP contribution in [-0.4, -0.2) is 16.7 Å². The van der Waals surface area contributed by atoms with E-state index >= 15 is 0 Å². The van der Waals surface area contributed by atoms with Gasteiger partial charge in [-0.2, -0.15) is 5.10 Å². The van der Waals surface area contributed by atoms with Crippen LogP contribution in [0.5, 0.6) is 0 Å². The van der Waals surface area contributed by atoms with E-state index in [4.69, 9.17) is 11.6 Å². The van der Waals surface area contributed by atoms with Gasteiger partial charge >= 0.3 is 0 Å². The lowest BCUT2D eigenvalue weighted by molar-refractivity contribution is 0.556. The molecule has 2 aromatic rings. The molecule has 0 spiro atoms. The molecular weight excluding hydrogens is 277 g/mol. The molecule has 0 aliphatic heterocycles. The minimum absolute atomic E-state index is 0.105. The summed E-state index contributed by atoms with van der Waals surface area (Å²) in [7, 11) is 0. The summed E-state index contributed by atoms with van der Waals surface area (Å²) in [4.78, 5) is 0. The Kier molecular flexibility index (Phi) is 5.15. The summed E-state index contributed by atoms with van der Waals surface area (Å²) in [6.07, 6.45) is 3.87. The average Bonchev–Trinajstić information content (AvgIpc) is 2.80. The van der Waals surface area contributed by atoms with Crippen LogP contribution in [0.4, 0.5) is 4.39 Å². The van der Waals surface area contributed by atoms with Crippen molar-refractivity contribution in [2.75, 3.05) is 6.54 Å². The van der Waals surface area contributed by atoms with Crippen molar-refractivity contribution in [1.82, 2.24) is 15.5 Å². The van der Waals surface area contributed by atoms with Crippen LogP contribution in [0.25, 0.3) is 0 Å². The number of aromatic nitrogens is 2. The highest BCUT2D eigenvalue weighted by atomic mass is 35.5. The van der Waals surface area contributed by atoms with Crippen LogP contribution in [0.2, 0.25) is 5.02 Å². The van der Waals surface area contributed by atoms with Crippen molar-refractivity contribution < 1.29 is 4.39 Å². The lowest BCUT2D eigenvalue weighted by Gasteiger charge is -2.15. The molecular formula is C15H19ClFN3. The Labute approximate surface area is 123 Å². The normalized spacial score (nSPS) is 12.6. The van der Waals surface area contributed by atoms with Crippen molar-refractivity contribution in [1.29, 1.82) is 0 Å². The summed E-state index contributed by atoms with van der Waals surface area (Å²) < 4.78 is 13.0. The first-order chi connectivity index (χ1) is 9.58. The molecule has 0 aliphatic carbocycles. The largest absolute Gasteiger partial charge is 0.310 e. The summed E-state index contributed by atoms with van der Waals surface area (Å²) in [6, 6.07) is 4.63. The summed E-state index contributed by atoms with van der Waals surface area (Å²) in [6.45, 7) is 4.93. The maximum absolute atomic E-state index is 13.0. The molecule has 1 aromatic carbocycles. The van der Waals surface area contributed by atoms with Gasteiger partial charge < -0.3 is 5.32 Å². The third kappa shape index (κ3) is 3.81. The zero-order chi connectivity index (χ0) is 14.5. The third-order valence-corrected chi connectivity index (χ3v) is 3.76. The summed E-state index contributed by atoms with van der Waals surface area (Å²) >= 11 is 6.05. The second-order valence-electron chi connectivity index (χ2n) is 4.97. The Morgan fingerprint density at radius 3 is 2.90 bits per heavy atom. The van der Waals surface area contributed by atoms with Gasteiger partial charge in [0.1, 0.15) is 5.82 Å². The molecule has 3 nitrogen and oxygen atoms in total. The van der Waals surface area contributed by atoms with E-state index in [9.17, 15) is 4.39 Å². The predicted molar refractivity (Wildman–Crippen MR) is 79.5 cm³/mol. The van der Waals surface area contributed by atoms with Gasteiger partial charge in [0.25, 0.3) is 0 Å². The molecule has 0 bridgehead atoms. The van der Waals surface area contributed by atoms with E-state index in [2.05, 4.69) is 15.5 Å². The van der Waals surface area contributed by atoms with Gasteiger partial charge in [0.2, 0.25) is 0 Å². The van der Waals surface area contributed by atoms with Crippen molar-refractivity contribution in [3.8, 4) is 0 Å². The Morgan fingerprint density at radius 2 is 2.25 bits per heavy atom. The van der Waals surface area contributed by atoms with Crippen LogP contribution in [0.15, 0.2) is 24.4 Å². The highest BCUT2D eigenvalue weighted by Gasteiger charge is 2.09. The second-order valence-corrected chi connectivity index (χ2v) is 5.37. The van der Waals surface area contributed by atoms with Crippen molar-refractivity contribution in [3.63, 3.8) is 0 Å². The van der Waals surface area contributed by atoms with E-state index < -0.39 is 0 Å². The molecule has 20 heavy (non-hydrogen) atoms. The number of nitrogens with one attached hydrogen (secondary N) is 2. The molecule has 0 saturated heterocycles. The average molecular weight is 296 g/mol. The lowest BCUT2D eigenvalue weighted by Crippen LogP contribution is -2.20. The molecule has 1 heterocycles. The summed E-state index contributed by atoms with van der Waals surface area (Å²) in [5.74, 6) is -0.304. The number of aromatic amines is 1. The van der Waals surface area contributed by atoms with Crippen LogP contribution in [0.3, 0.4) is 0 Å². The van der Waals surface area contributed by atoms with Crippen LogP contribution in [-0.2, 0) is 6.42 Å². The summed E-state index contributed by atoms with van der Waals surface area (Å²) in [5, 5.41) is 10.8. The first-order valence-electron chi connectivity index (χ1n) is 6.75. The molecule has 108 valence electrons. The van der Waals surface area contributed by atoms with E-state index in [0.29, 0.717) is 5.02 Å². The number of hydrogen-bond donors (Lipinski definition) is 2. The number of rotatable bonds is 6. The van der Waals surface area contributed by atoms with E-state index in [-0.39, 0.29) is 11.9 Å². The van der Waals surface area contributed by atoms with Crippen LogP contribution < -0.4 is 5.32 Å². The Morgan fingerprint density at radius 1 is 1.45 bits per heavy atom. The molecule has 5 heteroatoms. The topological polar surface area (TPSA) is 40.7 Å². The lowest BCUT2D eigenvalue weighted by atomic mass is 10.1. The van der Waals surface area contributed by atoms with Gasteiger partial charge in [-0.05, 0) is 56.5 Å². The monoisotopic (exact) mass is 295 g/mol. The molecule has 0 aliphatic rings. The smallest absolute Gasteiger partial charge is 0.124 e. The number of halogens is 2. The zero-order valence-electron chi connectivity index (χ0n) is 11.7. The van der Waals surface area contributed by atoms with E-state index in [1.165, 1.54) is 17.7 Å². The molecule has 1 aromatic heterocycles. The predicted octanol–water partition coefficient (Wildman–Crippen LogP) is 3.79. The van der Waals surface area contributed by atoms with Crippen molar-refractivity contribution in [2.24, 2.45) is 0 Å². The molecule has 0 amide bonds. The van der Waals surface area contributed by atoms with Gasteiger partial charge in [-0.1, -0.05) is 17.7 Å². The molecule has 2 rings (SSSR count). The van der Waals surface area contributed by atoms with E-state index in [1.807, 2.05) is 20.0 Å². The number of H-pyrrole nitrogens is 1. The Balaban J connectivity index is 1.80. The van der Waals surface area contributed by atoms with Crippen molar-refractivity contribution >= 4 is 11.6 Å². The zero-order valence-corrected chi connectivity index (χ0v) is 12.5. The van der Waals surface area contributed by atoms with Gasteiger partial charge in [-0.3, -0.25) is 5.10 Å². The SMILES string of the molecule is Cc1[nH]ncc1CCCNC(C)c1ccc(F)cc1Cl. The fraction of sp³-hybridized carbons (Fsp3) is 0.400. The highest BCUT2D eigenvalue weighted by molar-refractivity contribution is 6.31. The Bertz CT molecular complexity index is 568. The minimum Gasteiger partial charge on any atom is -0.310 e.